The summed E-state index contributed by atoms with van der Waals surface area (Å²) in [6.07, 6.45) is 1.23. The molecule has 2 atom stereocenters. The molecule has 0 aliphatic heterocycles. The van der Waals surface area contributed by atoms with Gasteiger partial charge in [-0.05, 0) is 61.9 Å². The lowest BCUT2D eigenvalue weighted by Crippen LogP contribution is -2.34. The number of hydrogen-bond donors (Lipinski definition) is 2. The van der Waals surface area contributed by atoms with E-state index < -0.39 is 17.7 Å². The van der Waals surface area contributed by atoms with Crippen molar-refractivity contribution in [3.05, 3.63) is 47.5 Å². The molecule has 1 fully saturated rings. The highest BCUT2D eigenvalue weighted by Gasteiger charge is 2.39. The van der Waals surface area contributed by atoms with E-state index in [2.05, 4.69) is 5.32 Å². The molecule has 0 spiro atoms. The molecule has 0 bridgehead atoms. The summed E-state index contributed by atoms with van der Waals surface area (Å²) < 4.78 is 5.27. The number of nitrogens with one attached hydrogen (secondary N) is 1. The quantitative estimate of drug-likeness (QED) is 0.881. The summed E-state index contributed by atoms with van der Waals surface area (Å²) in [5, 5.41) is 14.0. The van der Waals surface area contributed by atoms with Gasteiger partial charge in [0, 0.05) is 6.04 Å². The van der Waals surface area contributed by atoms with Gasteiger partial charge in [0.05, 0.1) is 5.56 Å². The van der Waals surface area contributed by atoms with E-state index in [1.165, 1.54) is 0 Å². The number of benzene rings is 2. The third-order valence-corrected chi connectivity index (χ3v) is 4.27. The molecule has 5 heteroatoms. The highest BCUT2D eigenvalue weighted by Crippen LogP contribution is 2.35. The van der Waals surface area contributed by atoms with Gasteiger partial charge in [0.25, 0.3) is 0 Å². The highest BCUT2D eigenvalue weighted by atomic mass is 16.6. The Hall–Kier alpha value is -2.56. The number of aromatic carboxylic acids is 1. The molecule has 2 N–H and O–H groups in total. The number of amides is 1. The number of rotatable bonds is 4. The first-order chi connectivity index (χ1) is 11.7. The molecule has 0 heterocycles. The van der Waals surface area contributed by atoms with E-state index in [0.717, 1.165) is 29.2 Å². The number of ether oxygens (including phenoxy) is 1. The van der Waals surface area contributed by atoms with Gasteiger partial charge in [-0.1, -0.05) is 30.3 Å². The van der Waals surface area contributed by atoms with Gasteiger partial charge in [-0.2, -0.15) is 0 Å². The number of alkyl carbamates (subject to hydrolysis) is 1. The standard InChI is InChI=1S/C20H23NO4/c1-20(2,3)25-19(24)21-17-11-14(17)9-12-8-13-6-4-5-7-15(13)16(10-12)18(22)23/h4-8,10,14,17H,9,11H2,1-3H3,(H,21,24)(H,22,23). The molecular formula is C20H23NO4. The number of carbonyl (C=O) groups is 2. The highest BCUT2D eigenvalue weighted by molar-refractivity contribution is 6.04. The molecule has 1 saturated carbocycles. The lowest BCUT2D eigenvalue weighted by atomic mass is 9.98. The molecule has 1 aliphatic carbocycles. The molecule has 132 valence electrons. The van der Waals surface area contributed by atoms with Gasteiger partial charge in [0.15, 0.2) is 0 Å². The van der Waals surface area contributed by atoms with Crippen LogP contribution in [-0.2, 0) is 11.2 Å². The zero-order valence-electron chi connectivity index (χ0n) is 14.7. The molecule has 1 amide bonds. The summed E-state index contributed by atoms with van der Waals surface area (Å²) in [7, 11) is 0. The van der Waals surface area contributed by atoms with Crippen molar-refractivity contribution in [1.29, 1.82) is 0 Å². The van der Waals surface area contributed by atoms with Crippen LogP contribution in [0.5, 0.6) is 0 Å². The molecule has 25 heavy (non-hydrogen) atoms. The molecule has 2 aromatic rings. The van der Waals surface area contributed by atoms with Crippen LogP contribution in [0.15, 0.2) is 36.4 Å². The van der Waals surface area contributed by atoms with Crippen LogP contribution in [0.4, 0.5) is 4.79 Å². The minimum atomic E-state index is -0.919. The van der Waals surface area contributed by atoms with Gasteiger partial charge in [0.1, 0.15) is 5.60 Å². The van der Waals surface area contributed by atoms with E-state index in [4.69, 9.17) is 4.74 Å². The zero-order valence-corrected chi connectivity index (χ0v) is 14.7. The Morgan fingerprint density at radius 2 is 1.96 bits per heavy atom. The van der Waals surface area contributed by atoms with Crippen molar-refractivity contribution in [2.24, 2.45) is 5.92 Å². The number of carbonyl (C=O) groups excluding carboxylic acids is 1. The monoisotopic (exact) mass is 341 g/mol. The first-order valence-corrected chi connectivity index (χ1v) is 8.47. The van der Waals surface area contributed by atoms with Crippen molar-refractivity contribution < 1.29 is 19.4 Å². The van der Waals surface area contributed by atoms with Crippen LogP contribution < -0.4 is 5.32 Å². The Morgan fingerprint density at radius 1 is 1.24 bits per heavy atom. The zero-order chi connectivity index (χ0) is 18.2. The summed E-state index contributed by atoms with van der Waals surface area (Å²) in [5.41, 5.74) is 0.795. The normalized spacial score (nSPS) is 19.5. The number of carboxylic acid groups (broad SMARTS) is 1. The molecule has 0 saturated heterocycles. The average molecular weight is 341 g/mol. The summed E-state index contributed by atoms with van der Waals surface area (Å²) in [5.74, 6) is -0.604. The largest absolute Gasteiger partial charge is 0.478 e. The number of carboxylic acids is 1. The van der Waals surface area contributed by atoms with Crippen molar-refractivity contribution in [2.45, 2.75) is 45.3 Å². The Bertz CT molecular complexity index is 822. The molecule has 3 rings (SSSR count). The lowest BCUT2D eigenvalue weighted by Gasteiger charge is -2.19. The summed E-state index contributed by atoms with van der Waals surface area (Å²) in [4.78, 5) is 23.4. The Labute approximate surface area is 147 Å². The van der Waals surface area contributed by atoms with Gasteiger partial charge in [-0.25, -0.2) is 9.59 Å². The topological polar surface area (TPSA) is 75.6 Å². The van der Waals surface area contributed by atoms with Crippen LogP contribution in [0.25, 0.3) is 10.8 Å². The fourth-order valence-corrected chi connectivity index (χ4v) is 3.08. The van der Waals surface area contributed by atoms with E-state index >= 15 is 0 Å². The van der Waals surface area contributed by atoms with E-state index in [1.54, 1.807) is 6.07 Å². The molecule has 2 aromatic carbocycles. The summed E-state index contributed by atoms with van der Waals surface area (Å²) >= 11 is 0. The maximum Gasteiger partial charge on any atom is 0.407 e. The van der Waals surface area contributed by atoms with Crippen LogP contribution in [0.1, 0.15) is 43.1 Å². The second-order valence-corrected chi connectivity index (χ2v) is 7.62. The van der Waals surface area contributed by atoms with Crippen molar-refractivity contribution in [2.75, 3.05) is 0 Å². The van der Waals surface area contributed by atoms with Gasteiger partial charge < -0.3 is 15.2 Å². The molecule has 2 unspecified atom stereocenters. The van der Waals surface area contributed by atoms with Gasteiger partial charge in [-0.3, -0.25) is 0 Å². The van der Waals surface area contributed by atoms with Gasteiger partial charge >= 0.3 is 12.1 Å². The second kappa shape index (κ2) is 6.39. The van der Waals surface area contributed by atoms with E-state index in [-0.39, 0.29) is 6.04 Å². The van der Waals surface area contributed by atoms with Gasteiger partial charge in [-0.15, -0.1) is 0 Å². The predicted octanol–water partition coefficient (Wildman–Crippen LogP) is 3.99. The van der Waals surface area contributed by atoms with Crippen molar-refractivity contribution in [3.8, 4) is 0 Å². The third kappa shape index (κ3) is 4.29. The van der Waals surface area contributed by atoms with Crippen molar-refractivity contribution in [1.82, 2.24) is 5.32 Å². The third-order valence-electron chi connectivity index (χ3n) is 4.27. The summed E-state index contributed by atoms with van der Waals surface area (Å²) in [6, 6.07) is 11.4. The van der Waals surface area contributed by atoms with Gasteiger partial charge in [0.2, 0.25) is 0 Å². The fourth-order valence-electron chi connectivity index (χ4n) is 3.08. The van der Waals surface area contributed by atoms with Crippen molar-refractivity contribution >= 4 is 22.8 Å². The first-order valence-electron chi connectivity index (χ1n) is 8.47. The van der Waals surface area contributed by atoms with E-state index in [1.807, 2.05) is 51.1 Å². The Kier molecular flexibility index (Phi) is 4.41. The molecule has 5 nitrogen and oxygen atoms in total. The van der Waals surface area contributed by atoms with Crippen LogP contribution in [0.2, 0.25) is 0 Å². The molecular weight excluding hydrogens is 318 g/mol. The van der Waals surface area contributed by atoms with E-state index in [0.29, 0.717) is 11.5 Å². The Morgan fingerprint density at radius 3 is 2.64 bits per heavy atom. The van der Waals surface area contributed by atoms with E-state index in [9.17, 15) is 14.7 Å². The first kappa shape index (κ1) is 17.3. The minimum absolute atomic E-state index is 0.0922. The maximum absolute atomic E-state index is 11.8. The number of hydrogen-bond acceptors (Lipinski definition) is 3. The molecule has 1 aliphatic rings. The van der Waals surface area contributed by atoms with Crippen molar-refractivity contribution in [3.63, 3.8) is 0 Å². The number of fused-ring (bicyclic) bond motifs is 1. The van der Waals surface area contributed by atoms with Crippen LogP contribution in [0.3, 0.4) is 0 Å². The smallest absolute Gasteiger partial charge is 0.407 e. The lowest BCUT2D eigenvalue weighted by molar-refractivity contribution is 0.0520. The van der Waals surface area contributed by atoms with Crippen LogP contribution >= 0.6 is 0 Å². The van der Waals surface area contributed by atoms with Crippen LogP contribution in [0, 0.1) is 5.92 Å². The average Bonchev–Trinajstić information content (AvgIpc) is 3.21. The minimum Gasteiger partial charge on any atom is -0.478 e. The van der Waals surface area contributed by atoms with Crippen LogP contribution in [-0.4, -0.2) is 28.8 Å². The Balaban J connectivity index is 1.68. The second-order valence-electron chi connectivity index (χ2n) is 7.62. The molecule has 0 radical (unpaired) electrons. The molecule has 0 aromatic heterocycles. The predicted molar refractivity (Wildman–Crippen MR) is 95.9 cm³/mol. The maximum atomic E-state index is 11.8. The SMILES string of the molecule is CC(C)(C)OC(=O)NC1CC1Cc1cc(C(=O)O)c2ccccc2c1. The fraction of sp³-hybridized carbons (Fsp3) is 0.400. The summed E-state index contributed by atoms with van der Waals surface area (Å²) in [6.45, 7) is 5.50.